The highest BCUT2D eigenvalue weighted by atomic mass is 35.5. The van der Waals surface area contributed by atoms with E-state index in [1.54, 1.807) is 0 Å². The molecule has 21 heavy (non-hydrogen) atoms. The Morgan fingerprint density at radius 2 is 2.00 bits per heavy atom. The third kappa shape index (κ3) is 5.55. The Balaban J connectivity index is 2.50. The number of amides is 1. The molecule has 0 aromatic carbocycles. The average molecular weight is 354 g/mol. The number of carbonyl (C=O) groups excluding carboxylic acids is 1. The van der Waals surface area contributed by atoms with Crippen molar-refractivity contribution in [3.05, 3.63) is 16.5 Å². The Bertz CT molecular complexity index is 582. The van der Waals surface area contributed by atoms with E-state index >= 15 is 0 Å². The molecule has 0 aliphatic rings. The van der Waals surface area contributed by atoms with Crippen molar-refractivity contribution in [1.29, 1.82) is 0 Å². The first-order valence-corrected chi connectivity index (χ1v) is 9.21. The lowest BCUT2D eigenvalue weighted by Gasteiger charge is -2.26. The largest absolute Gasteiger partial charge is 0.353 e. The second-order valence-corrected chi connectivity index (χ2v) is 8.44. The predicted octanol–water partition coefficient (Wildman–Crippen LogP) is 1.31. The Morgan fingerprint density at radius 3 is 2.48 bits per heavy atom. The molecule has 0 bridgehead atoms. The van der Waals surface area contributed by atoms with Crippen molar-refractivity contribution in [2.75, 3.05) is 13.1 Å². The average Bonchev–Trinajstić information content (AvgIpc) is 2.90. The fourth-order valence-electron chi connectivity index (χ4n) is 1.51. The maximum Gasteiger partial charge on any atom is 0.250 e. The number of thiophene rings is 1. The monoisotopic (exact) mass is 353 g/mol. The number of sulfonamides is 1. The van der Waals surface area contributed by atoms with E-state index in [-0.39, 0.29) is 10.8 Å². The molecular formula is C12H20ClN3O3S2. The van der Waals surface area contributed by atoms with Crippen LogP contribution in [0.4, 0.5) is 0 Å². The summed E-state index contributed by atoms with van der Waals surface area (Å²) in [4.78, 5) is 11.7. The van der Waals surface area contributed by atoms with Crippen molar-refractivity contribution in [2.45, 2.75) is 36.4 Å². The number of hydrogen-bond donors (Lipinski definition) is 3. The van der Waals surface area contributed by atoms with E-state index in [2.05, 4.69) is 10.0 Å². The zero-order valence-corrected chi connectivity index (χ0v) is 14.4. The summed E-state index contributed by atoms with van der Waals surface area (Å²) in [6.07, 6.45) is 1.45. The normalized spacial score (nSPS) is 12.4. The van der Waals surface area contributed by atoms with E-state index in [0.29, 0.717) is 10.9 Å². The minimum Gasteiger partial charge on any atom is -0.353 e. The van der Waals surface area contributed by atoms with Gasteiger partial charge >= 0.3 is 0 Å². The minimum absolute atomic E-state index is 0.0792. The first kappa shape index (κ1) is 18.4. The highest BCUT2D eigenvalue weighted by Crippen LogP contribution is 2.25. The van der Waals surface area contributed by atoms with Crippen LogP contribution in [0.1, 0.15) is 26.7 Å². The summed E-state index contributed by atoms with van der Waals surface area (Å²) in [7, 11) is -3.71. The molecule has 0 fully saturated rings. The second kappa shape index (κ2) is 7.55. The molecule has 4 N–H and O–H groups in total. The Labute approximate surface area is 134 Å². The van der Waals surface area contributed by atoms with Crippen molar-refractivity contribution in [2.24, 2.45) is 5.73 Å². The summed E-state index contributed by atoms with van der Waals surface area (Å²) in [6.45, 7) is 3.87. The van der Waals surface area contributed by atoms with Gasteiger partial charge in [-0.15, -0.1) is 11.3 Å². The van der Waals surface area contributed by atoms with Crippen molar-refractivity contribution in [3.8, 4) is 0 Å². The third-order valence-electron chi connectivity index (χ3n) is 3.28. The number of nitrogens with one attached hydrogen (secondary N) is 2. The van der Waals surface area contributed by atoms with Crippen LogP contribution in [-0.2, 0) is 14.8 Å². The van der Waals surface area contributed by atoms with Crippen molar-refractivity contribution >= 4 is 38.9 Å². The van der Waals surface area contributed by atoms with Gasteiger partial charge in [0.15, 0.2) is 0 Å². The fourth-order valence-corrected chi connectivity index (χ4v) is 4.02. The molecule has 120 valence electrons. The van der Waals surface area contributed by atoms with Crippen LogP contribution in [0.5, 0.6) is 0 Å². The maximum atomic E-state index is 11.9. The lowest BCUT2D eigenvalue weighted by atomic mass is 9.94. The van der Waals surface area contributed by atoms with Crippen molar-refractivity contribution in [3.63, 3.8) is 0 Å². The van der Waals surface area contributed by atoms with Crippen LogP contribution < -0.4 is 15.8 Å². The lowest BCUT2D eigenvalue weighted by Crippen LogP contribution is -2.50. The van der Waals surface area contributed by atoms with Crippen LogP contribution in [-0.4, -0.2) is 33.0 Å². The fraction of sp³-hybridized carbons (Fsp3) is 0.583. The standard InChI is InChI=1S/C12H20ClN3O3S2/c1-3-12(14,4-2)8-15-10(17)7-16-21(18,19)11-6-5-9(13)20-11/h5-6,16H,3-4,7-8,14H2,1-2H3,(H,15,17). The Kier molecular flexibility index (Phi) is 6.61. The molecule has 9 heteroatoms. The summed E-state index contributed by atoms with van der Waals surface area (Å²) in [5, 5.41) is 2.64. The Morgan fingerprint density at radius 1 is 1.38 bits per heavy atom. The number of halogens is 1. The zero-order valence-electron chi connectivity index (χ0n) is 12.0. The van der Waals surface area contributed by atoms with Gasteiger partial charge in [0.05, 0.1) is 10.9 Å². The van der Waals surface area contributed by atoms with Crippen LogP contribution in [0.3, 0.4) is 0 Å². The molecule has 1 heterocycles. The van der Waals surface area contributed by atoms with Crippen LogP contribution in [0.25, 0.3) is 0 Å². The summed E-state index contributed by atoms with van der Waals surface area (Å²) in [6, 6.07) is 2.89. The zero-order chi connectivity index (χ0) is 16.1. The predicted molar refractivity (Wildman–Crippen MR) is 85.0 cm³/mol. The summed E-state index contributed by atoms with van der Waals surface area (Å²) >= 11 is 6.63. The van der Waals surface area contributed by atoms with Gasteiger partial charge in [-0.3, -0.25) is 4.79 Å². The molecule has 0 aliphatic carbocycles. The topological polar surface area (TPSA) is 101 Å². The number of carbonyl (C=O) groups is 1. The van der Waals surface area contributed by atoms with Gasteiger partial charge in [-0.2, -0.15) is 0 Å². The highest BCUT2D eigenvalue weighted by Gasteiger charge is 2.22. The van der Waals surface area contributed by atoms with Gasteiger partial charge in [0.25, 0.3) is 10.0 Å². The van der Waals surface area contributed by atoms with Gasteiger partial charge in [0.2, 0.25) is 5.91 Å². The van der Waals surface area contributed by atoms with E-state index in [4.69, 9.17) is 17.3 Å². The van der Waals surface area contributed by atoms with Crippen LogP contribution in [0, 0.1) is 0 Å². The van der Waals surface area contributed by atoms with Gasteiger partial charge in [-0.25, -0.2) is 13.1 Å². The molecule has 1 aromatic heterocycles. The lowest BCUT2D eigenvalue weighted by molar-refractivity contribution is -0.120. The van der Waals surface area contributed by atoms with Gasteiger partial charge < -0.3 is 11.1 Å². The number of hydrogen-bond acceptors (Lipinski definition) is 5. The van der Waals surface area contributed by atoms with Gasteiger partial charge in [-0.05, 0) is 25.0 Å². The molecule has 1 aromatic rings. The molecule has 1 amide bonds. The quantitative estimate of drug-likeness (QED) is 0.655. The van der Waals surface area contributed by atoms with Gasteiger partial charge in [0.1, 0.15) is 4.21 Å². The van der Waals surface area contributed by atoms with E-state index in [1.807, 2.05) is 13.8 Å². The maximum absolute atomic E-state index is 11.9. The number of rotatable bonds is 8. The van der Waals surface area contributed by atoms with E-state index in [9.17, 15) is 13.2 Å². The van der Waals surface area contributed by atoms with Crippen LogP contribution >= 0.6 is 22.9 Å². The molecule has 0 unspecified atom stereocenters. The first-order chi connectivity index (χ1) is 9.72. The van der Waals surface area contributed by atoms with Gasteiger partial charge in [0, 0.05) is 12.1 Å². The van der Waals surface area contributed by atoms with Crippen LogP contribution in [0.2, 0.25) is 4.34 Å². The molecule has 0 atom stereocenters. The van der Waals surface area contributed by atoms with E-state index < -0.39 is 21.5 Å². The van der Waals surface area contributed by atoms with Gasteiger partial charge in [-0.1, -0.05) is 25.4 Å². The van der Waals surface area contributed by atoms with E-state index in [1.165, 1.54) is 12.1 Å². The SMILES string of the molecule is CCC(N)(CC)CNC(=O)CNS(=O)(=O)c1ccc(Cl)s1. The summed E-state index contributed by atoms with van der Waals surface area (Å²) < 4.78 is 26.5. The molecule has 0 aliphatic heterocycles. The molecular weight excluding hydrogens is 334 g/mol. The third-order valence-corrected chi connectivity index (χ3v) is 6.41. The molecule has 1 rings (SSSR count). The highest BCUT2D eigenvalue weighted by molar-refractivity contribution is 7.91. The van der Waals surface area contributed by atoms with Crippen molar-refractivity contribution < 1.29 is 13.2 Å². The molecule has 0 radical (unpaired) electrons. The molecule has 6 nitrogen and oxygen atoms in total. The van der Waals surface area contributed by atoms with Crippen molar-refractivity contribution in [1.82, 2.24) is 10.0 Å². The minimum atomic E-state index is -3.71. The van der Waals surface area contributed by atoms with E-state index in [0.717, 1.165) is 24.2 Å². The molecule has 0 saturated heterocycles. The Hall–Kier alpha value is -0.670. The summed E-state index contributed by atoms with van der Waals surface area (Å²) in [5.41, 5.74) is 5.59. The number of nitrogens with two attached hydrogens (primary N) is 1. The molecule has 0 saturated carbocycles. The second-order valence-electron chi connectivity index (χ2n) is 4.73. The van der Waals surface area contributed by atoms with Crippen LogP contribution in [0.15, 0.2) is 16.3 Å². The first-order valence-electron chi connectivity index (χ1n) is 6.53. The summed E-state index contributed by atoms with van der Waals surface area (Å²) in [5.74, 6) is -0.419. The smallest absolute Gasteiger partial charge is 0.250 e. The molecule has 0 spiro atoms.